The predicted molar refractivity (Wildman–Crippen MR) is 93.4 cm³/mol. The van der Waals surface area contributed by atoms with Crippen molar-refractivity contribution in [2.24, 2.45) is 0 Å². The quantitative estimate of drug-likeness (QED) is 0.860. The molecule has 1 aliphatic rings. The van der Waals surface area contributed by atoms with Crippen LogP contribution in [-0.4, -0.2) is 54.4 Å². The molecule has 1 aliphatic heterocycles. The number of anilines is 2. The van der Waals surface area contributed by atoms with Crippen molar-refractivity contribution in [1.82, 2.24) is 15.1 Å². The van der Waals surface area contributed by atoms with Crippen LogP contribution in [0.4, 0.5) is 15.8 Å². The Bertz CT molecular complexity index is 728. The fourth-order valence-electron chi connectivity index (χ4n) is 2.74. The van der Waals surface area contributed by atoms with Gasteiger partial charge in [0.1, 0.15) is 10.8 Å². The molecule has 0 atom stereocenters. The maximum atomic E-state index is 13.0. The highest BCUT2D eigenvalue weighted by Crippen LogP contribution is 2.17. The van der Waals surface area contributed by atoms with Crippen LogP contribution in [0.25, 0.3) is 0 Å². The summed E-state index contributed by atoms with van der Waals surface area (Å²) in [4.78, 5) is 16.0. The number of aromatic nitrogens is 2. The van der Waals surface area contributed by atoms with Crippen LogP contribution in [0.15, 0.2) is 35.3 Å². The van der Waals surface area contributed by atoms with Crippen LogP contribution in [0.5, 0.6) is 0 Å². The van der Waals surface area contributed by atoms with E-state index in [1.807, 2.05) is 12.1 Å². The smallest absolute Gasteiger partial charge is 0.285 e. The molecule has 1 aromatic heterocycles. The van der Waals surface area contributed by atoms with Crippen LogP contribution >= 0.6 is 11.6 Å². The molecule has 2 N–H and O–H groups in total. The predicted octanol–water partition coefficient (Wildman–Crippen LogP) is 1.80. The van der Waals surface area contributed by atoms with Crippen molar-refractivity contribution in [3.8, 4) is 0 Å². The van der Waals surface area contributed by atoms with Crippen molar-refractivity contribution < 1.29 is 4.39 Å². The fourth-order valence-corrected chi connectivity index (χ4v) is 2.89. The number of piperazine rings is 1. The summed E-state index contributed by atoms with van der Waals surface area (Å²) in [6.45, 7) is 5.19. The maximum Gasteiger partial charge on any atom is 0.285 e. The largest absolute Gasteiger partial charge is 0.381 e. The third-order valence-electron chi connectivity index (χ3n) is 4.10. The van der Waals surface area contributed by atoms with Gasteiger partial charge in [0.2, 0.25) is 0 Å². The molecule has 24 heavy (non-hydrogen) atoms. The summed E-state index contributed by atoms with van der Waals surface area (Å²) >= 11 is 5.92. The van der Waals surface area contributed by atoms with Gasteiger partial charge in [-0.15, -0.1) is 0 Å². The molecule has 128 valence electrons. The molecule has 0 bridgehead atoms. The molecule has 2 aromatic rings. The lowest BCUT2D eigenvalue weighted by atomic mass is 10.2. The van der Waals surface area contributed by atoms with Crippen LogP contribution in [0.2, 0.25) is 5.02 Å². The first-order valence-electron chi connectivity index (χ1n) is 7.83. The summed E-state index contributed by atoms with van der Waals surface area (Å²) in [5, 5.41) is 9.28. The minimum absolute atomic E-state index is 0.131. The van der Waals surface area contributed by atoms with E-state index in [1.54, 1.807) is 0 Å². The van der Waals surface area contributed by atoms with Crippen molar-refractivity contribution in [2.75, 3.05) is 49.5 Å². The second-order valence-electron chi connectivity index (χ2n) is 5.66. The maximum absolute atomic E-state index is 13.0. The first-order chi connectivity index (χ1) is 11.6. The van der Waals surface area contributed by atoms with E-state index in [0.717, 1.165) is 38.4 Å². The summed E-state index contributed by atoms with van der Waals surface area (Å²) < 4.78 is 13.0. The van der Waals surface area contributed by atoms with Gasteiger partial charge in [0, 0.05) is 45.0 Å². The average molecular weight is 352 g/mol. The molecule has 0 aliphatic carbocycles. The Kier molecular flexibility index (Phi) is 5.32. The van der Waals surface area contributed by atoms with E-state index in [2.05, 4.69) is 25.3 Å². The first-order valence-corrected chi connectivity index (χ1v) is 8.21. The Morgan fingerprint density at radius 1 is 1.21 bits per heavy atom. The minimum Gasteiger partial charge on any atom is -0.381 e. The average Bonchev–Trinajstić information content (AvgIpc) is 2.60. The molecule has 6 nitrogen and oxygen atoms in total. The highest BCUT2D eigenvalue weighted by Gasteiger charge is 2.17. The van der Waals surface area contributed by atoms with Gasteiger partial charge < -0.3 is 10.2 Å². The lowest BCUT2D eigenvalue weighted by Crippen LogP contribution is -2.47. The lowest BCUT2D eigenvalue weighted by Gasteiger charge is -2.36. The van der Waals surface area contributed by atoms with Gasteiger partial charge in [0.25, 0.3) is 5.56 Å². The van der Waals surface area contributed by atoms with Crippen molar-refractivity contribution in [3.63, 3.8) is 0 Å². The molecule has 1 fully saturated rings. The van der Waals surface area contributed by atoms with Gasteiger partial charge in [-0.05, 0) is 24.3 Å². The van der Waals surface area contributed by atoms with Crippen LogP contribution in [0, 0.1) is 5.82 Å². The zero-order chi connectivity index (χ0) is 16.9. The van der Waals surface area contributed by atoms with Gasteiger partial charge in [-0.1, -0.05) is 11.6 Å². The number of halogens is 2. The Balaban J connectivity index is 1.45. The molecule has 2 heterocycles. The van der Waals surface area contributed by atoms with E-state index < -0.39 is 5.56 Å². The Labute approximate surface area is 144 Å². The first kappa shape index (κ1) is 16.7. The lowest BCUT2D eigenvalue weighted by molar-refractivity contribution is 0.267. The van der Waals surface area contributed by atoms with Gasteiger partial charge in [-0.3, -0.25) is 9.69 Å². The van der Waals surface area contributed by atoms with E-state index >= 15 is 0 Å². The number of H-pyrrole nitrogens is 1. The van der Waals surface area contributed by atoms with Crippen LogP contribution in [0.1, 0.15) is 0 Å². The zero-order valence-corrected chi connectivity index (χ0v) is 13.9. The summed E-state index contributed by atoms with van der Waals surface area (Å²) in [6, 6.07) is 6.61. The number of nitrogens with one attached hydrogen (secondary N) is 2. The van der Waals surface area contributed by atoms with Gasteiger partial charge >= 0.3 is 0 Å². The van der Waals surface area contributed by atoms with Gasteiger partial charge in [0.05, 0.1) is 11.9 Å². The highest BCUT2D eigenvalue weighted by atomic mass is 35.5. The molecule has 1 saturated heterocycles. The topological polar surface area (TPSA) is 64.3 Å². The fraction of sp³-hybridized carbons (Fsp3) is 0.375. The number of rotatable bonds is 5. The van der Waals surface area contributed by atoms with Crippen molar-refractivity contribution in [2.45, 2.75) is 0 Å². The van der Waals surface area contributed by atoms with Crippen molar-refractivity contribution in [1.29, 1.82) is 0 Å². The molecule has 0 unspecified atom stereocenters. The summed E-state index contributed by atoms with van der Waals surface area (Å²) in [5.74, 6) is -0.212. The van der Waals surface area contributed by atoms with E-state index in [0.29, 0.717) is 12.2 Å². The number of benzene rings is 1. The molecule has 0 spiro atoms. The Hall–Kier alpha value is -2.12. The standard InChI is InChI=1S/C16H19ClFN5O/c17-15-14(11-20-21-16(15)24)19-5-6-22-7-9-23(10-8-22)13-3-1-12(18)2-4-13/h1-4,11H,5-10H2,(H2,19,21,24). The zero-order valence-electron chi connectivity index (χ0n) is 13.1. The molecular formula is C16H19ClFN5O. The third-order valence-corrected chi connectivity index (χ3v) is 4.48. The summed E-state index contributed by atoms with van der Waals surface area (Å²) in [7, 11) is 0. The van der Waals surface area contributed by atoms with E-state index in [4.69, 9.17) is 11.6 Å². The molecule has 1 aromatic carbocycles. The molecule has 8 heteroatoms. The summed E-state index contributed by atoms with van der Waals surface area (Å²) in [5.41, 5.74) is 1.20. The number of hydrogen-bond acceptors (Lipinski definition) is 5. The van der Waals surface area contributed by atoms with E-state index in [1.165, 1.54) is 18.3 Å². The molecular weight excluding hydrogens is 333 g/mol. The normalized spacial score (nSPS) is 15.5. The molecule has 0 radical (unpaired) electrons. The number of hydrogen-bond donors (Lipinski definition) is 2. The van der Waals surface area contributed by atoms with Crippen molar-refractivity contribution in [3.05, 3.63) is 51.7 Å². The van der Waals surface area contributed by atoms with Crippen LogP contribution < -0.4 is 15.8 Å². The van der Waals surface area contributed by atoms with Crippen LogP contribution in [0.3, 0.4) is 0 Å². The number of nitrogens with zero attached hydrogens (tertiary/aromatic N) is 3. The van der Waals surface area contributed by atoms with Gasteiger partial charge in [-0.25, -0.2) is 9.49 Å². The van der Waals surface area contributed by atoms with Gasteiger partial charge in [0.15, 0.2) is 0 Å². The Morgan fingerprint density at radius 2 is 1.92 bits per heavy atom. The second-order valence-corrected chi connectivity index (χ2v) is 6.04. The van der Waals surface area contributed by atoms with Crippen molar-refractivity contribution >= 4 is 23.0 Å². The summed E-state index contributed by atoms with van der Waals surface area (Å²) in [6.07, 6.45) is 1.51. The number of aromatic amines is 1. The van der Waals surface area contributed by atoms with Crippen LogP contribution in [-0.2, 0) is 0 Å². The molecule has 0 saturated carbocycles. The Morgan fingerprint density at radius 3 is 2.62 bits per heavy atom. The molecule has 0 amide bonds. The minimum atomic E-state index is -0.394. The van der Waals surface area contributed by atoms with Gasteiger partial charge in [-0.2, -0.15) is 5.10 Å². The van der Waals surface area contributed by atoms with E-state index in [-0.39, 0.29) is 10.8 Å². The SMILES string of the molecule is O=c1[nH]ncc(NCCN2CCN(c3ccc(F)cc3)CC2)c1Cl. The molecule has 3 rings (SSSR count). The van der Waals surface area contributed by atoms with E-state index in [9.17, 15) is 9.18 Å². The monoisotopic (exact) mass is 351 g/mol. The highest BCUT2D eigenvalue weighted by molar-refractivity contribution is 6.32. The third kappa shape index (κ3) is 4.04. The second kappa shape index (κ2) is 7.63.